The fourth-order valence-corrected chi connectivity index (χ4v) is 0.882. The summed E-state index contributed by atoms with van der Waals surface area (Å²) in [6, 6.07) is 9.29. The topological polar surface area (TPSA) is 63.3 Å². The maximum absolute atomic E-state index is 10.4. The summed E-state index contributed by atoms with van der Waals surface area (Å²) in [4.78, 5) is 10.4. The Bertz CT molecular complexity index is 264. The van der Waals surface area contributed by atoms with Crippen LogP contribution in [0.15, 0.2) is 24.3 Å². The van der Waals surface area contributed by atoms with Crippen molar-refractivity contribution in [1.82, 2.24) is 0 Å². The van der Waals surface area contributed by atoms with Crippen molar-refractivity contribution in [2.45, 2.75) is 12.5 Å². The van der Waals surface area contributed by atoms with Crippen molar-refractivity contribution in [1.29, 1.82) is 0 Å². The first kappa shape index (κ1) is 12.8. The number of hydrogen-bond acceptors (Lipinski definition) is 2. The average Bonchev–Trinajstić information content (AvgIpc) is 2.06. The normalized spacial score (nSPS) is 11.5. The summed E-state index contributed by atoms with van der Waals surface area (Å²) in [6.07, 6.45) is 0.330. The Kier molecular flexibility index (Phi) is 6.13. The van der Waals surface area contributed by atoms with Crippen molar-refractivity contribution in [2.24, 2.45) is 5.73 Å². The van der Waals surface area contributed by atoms with Gasteiger partial charge in [0.25, 0.3) is 0 Å². The molecule has 0 saturated heterocycles. The molecule has 0 aliphatic carbocycles. The molecule has 0 bridgehead atoms. The zero-order valence-corrected chi connectivity index (χ0v) is 9.94. The van der Waals surface area contributed by atoms with E-state index in [9.17, 15) is 4.79 Å². The van der Waals surface area contributed by atoms with E-state index in [1.54, 1.807) is 6.07 Å². The molecule has 13 heavy (non-hydrogen) atoms. The Morgan fingerprint density at radius 3 is 2.77 bits per heavy atom. The zero-order valence-electron chi connectivity index (χ0n) is 7.10. The molecule has 3 nitrogen and oxygen atoms in total. The minimum absolute atomic E-state index is 0. The van der Waals surface area contributed by atoms with E-state index in [-0.39, 0.29) is 32.7 Å². The SMILES string of the molecule is N[C@H](Cc1[c-]cccc1)C(=O)O.[Y]. The Morgan fingerprint density at radius 2 is 2.31 bits per heavy atom. The minimum atomic E-state index is -0.979. The predicted octanol–water partition coefficient (Wildman–Crippen LogP) is 0.439. The fraction of sp³-hybridized carbons (Fsp3) is 0.222. The van der Waals surface area contributed by atoms with Gasteiger partial charge in [-0.1, -0.05) is 0 Å². The van der Waals surface area contributed by atoms with Gasteiger partial charge in [0.15, 0.2) is 0 Å². The molecule has 1 aromatic carbocycles. The van der Waals surface area contributed by atoms with E-state index >= 15 is 0 Å². The molecule has 0 amide bonds. The maximum Gasteiger partial charge on any atom is 0.320 e. The van der Waals surface area contributed by atoms with Crippen molar-refractivity contribution >= 4 is 5.97 Å². The van der Waals surface area contributed by atoms with Crippen molar-refractivity contribution < 1.29 is 42.6 Å². The molecule has 0 unspecified atom stereocenters. The molecule has 0 aliphatic rings. The number of aliphatic carboxylic acids is 1. The molecule has 0 saturated carbocycles. The van der Waals surface area contributed by atoms with Crippen LogP contribution in [0.3, 0.4) is 0 Å². The monoisotopic (exact) mass is 253 g/mol. The number of benzene rings is 1. The quantitative estimate of drug-likeness (QED) is 0.768. The van der Waals surface area contributed by atoms with Crippen LogP contribution in [-0.2, 0) is 43.9 Å². The van der Waals surface area contributed by atoms with Gasteiger partial charge in [0, 0.05) is 32.7 Å². The van der Waals surface area contributed by atoms with Gasteiger partial charge < -0.3 is 10.8 Å². The largest absolute Gasteiger partial charge is 0.480 e. The summed E-state index contributed by atoms with van der Waals surface area (Å²) in [7, 11) is 0. The summed E-state index contributed by atoms with van der Waals surface area (Å²) in [6.45, 7) is 0. The molecular weight excluding hydrogens is 243 g/mol. The van der Waals surface area contributed by atoms with Crippen molar-refractivity contribution in [3.8, 4) is 0 Å². The molecule has 1 rings (SSSR count). The molecule has 4 heteroatoms. The second kappa shape index (κ2) is 6.24. The van der Waals surface area contributed by atoms with Crippen LogP contribution in [0.1, 0.15) is 5.56 Å². The molecule has 1 atom stereocenters. The fourth-order valence-electron chi connectivity index (χ4n) is 0.882. The van der Waals surface area contributed by atoms with E-state index in [0.717, 1.165) is 5.56 Å². The van der Waals surface area contributed by atoms with E-state index in [2.05, 4.69) is 6.07 Å². The molecule has 1 radical (unpaired) electrons. The van der Waals surface area contributed by atoms with Gasteiger partial charge in [-0.2, -0.15) is 35.9 Å². The Hall–Kier alpha value is -0.246. The second-order valence-electron chi connectivity index (χ2n) is 2.54. The number of nitrogens with two attached hydrogens (primary N) is 1. The summed E-state index contributed by atoms with van der Waals surface area (Å²) in [5.41, 5.74) is 6.16. The summed E-state index contributed by atoms with van der Waals surface area (Å²) in [5, 5.41) is 8.50. The minimum Gasteiger partial charge on any atom is -0.480 e. The van der Waals surface area contributed by atoms with Gasteiger partial charge in [-0.05, 0) is 6.42 Å². The Morgan fingerprint density at radius 1 is 1.62 bits per heavy atom. The number of carboxylic acids is 1. The van der Waals surface area contributed by atoms with Gasteiger partial charge in [-0.25, -0.2) is 0 Å². The first-order valence-electron chi connectivity index (χ1n) is 3.64. The third kappa shape index (κ3) is 4.51. The molecule has 1 aromatic rings. The van der Waals surface area contributed by atoms with Crippen LogP contribution >= 0.6 is 0 Å². The zero-order chi connectivity index (χ0) is 8.97. The third-order valence-electron chi connectivity index (χ3n) is 1.53. The van der Waals surface area contributed by atoms with E-state index in [0.29, 0.717) is 6.42 Å². The standard InChI is InChI=1S/C9H10NO2.Y/c10-8(9(11)12)6-7-4-2-1-3-5-7;/h1-4,8H,6,10H2,(H,11,12);/q-1;/t8-;/m1./s1. The first-order chi connectivity index (χ1) is 5.70. The van der Waals surface area contributed by atoms with Crippen LogP contribution in [0, 0.1) is 6.07 Å². The molecule has 0 aromatic heterocycles. The van der Waals surface area contributed by atoms with Crippen molar-refractivity contribution in [3.05, 3.63) is 35.9 Å². The van der Waals surface area contributed by atoms with E-state index < -0.39 is 12.0 Å². The van der Waals surface area contributed by atoms with Gasteiger partial charge in [0.1, 0.15) is 6.04 Å². The number of rotatable bonds is 3. The maximum atomic E-state index is 10.4. The van der Waals surface area contributed by atoms with Crippen LogP contribution < -0.4 is 5.73 Å². The van der Waals surface area contributed by atoms with E-state index in [1.807, 2.05) is 18.2 Å². The molecule has 0 aliphatic heterocycles. The van der Waals surface area contributed by atoms with Gasteiger partial charge in [-0.15, -0.1) is 0 Å². The molecule has 3 N–H and O–H groups in total. The van der Waals surface area contributed by atoms with Crippen LogP contribution in [0.2, 0.25) is 0 Å². The molecule has 67 valence electrons. The van der Waals surface area contributed by atoms with Crippen LogP contribution in [0.5, 0.6) is 0 Å². The molecule has 0 spiro atoms. The number of hydrogen-bond donors (Lipinski definition) is 2. The van der Waals surface area contributed by atoms with Crippen molar-refractivity contribution in [2.75, 3.05) is 0 Å². The summed E-state index contributed by atoms with van der Waals surface area (Å²) >= 11 is 0. The van der Waals surface area contributed by atoms with Crippen LogP contribution in [0.25, 0.3) is 0 Å². The Balaban J connectivity index is 0.00000144. The number of carboxylic acid groups (broad SMARTS) is 1. The van der Waals surface area contributed by atoms with E-state index in [4.69, 9.17) is 10.8 Å². The first-order valence-corrected chi connectivity index (χ1v) is 3.64. The molecule has 0 heterocycles. The smallest absolute Gasteiger partial charge is 0.320 e. The van der Waals surface area contributed by atoms with Crippen LogP contribution in [-0.4, -0.2) is 17.1 Å². The van der Waals surface area contributed by atoms with E-state index in [1.165, 1.54) is 0 Å². The molecular formula is C9H10NO2Y-. The van der Waals surface area contributed by atoms with Crippen LogP contribution in [0.4, 0.5) is 0 Å². The van der Waals surface area contributed by atoms with Gasteiger partial charge >= 0.3 is 5.97 Å². The van der Waals surface area contributed by atoms with Gasteiger partial charge in [0.05, 0.1) is 0 Å². The Labute approximate surface area is 102 Å². The van der Waals surface area contributed by atoms with Gasteiger partial charge in [-0.3, -0.25) is 4.79 Å². The summed E-state index contributed by atoms with van der Waals surface area (Å²) < 4.78 is 0. The molecule has 0 fully saturated rings. The van der Waals surface area contributed by atoms with Gasteiger partial charge in [0.2, 0.25) is 0 Å². The number of carbonyl (C=O) groups is 1. The average molecular weight is 253 g/mol. The second-order valence-corrected chi connectivity index (χ2v) is 2.54. The summed E-state index contributed by atoms with van der Waals surface area (Å²) in [5.74, 6) is -0.979. The predicted molar refractivity (Wildman–Crippen MR) is 44.6 cm³/mol. The third-order valence-corrected chi connectivity index (χ3v) is 1.53. The van der Waals surface area contributed by atoms with Crippen molar-refractivity contribution in [3.63, 3.8) is 0 Å².